The standard InChI is InChI=1S/C17H28N4O3/c1-12-10-21(11-13(2)24-12)16-5-4-14(8-19-16)9-20-17(22)6-15(7-18)23-3/h4-5,8,12-13,15H,6-7,9-11,18H2,1-3H3,(H,20,22). The molecule has 7 nitrogen and oxygen atoms in total. The summed E-state index contributed by atoms with van der Waals surface area (Å²) in [6, 6.07) is 3.98. The number of pyridine rings is 1. The van der Waals surface area contributed by atoms with Crippen LogP contribution in [-0.4, -0.2) is 55.9 Å². The number of hydrogen-bond donors (Lipinski definition) is 2. The fourth-order valence-corrected chi connectivity index (χ4v) is 2.82. The molecule has 134 valence electrons. The first-order chi connectivity index (χ1) is 11.5. The minimum atomic E-state index is -0.240. The number of amides is 1. The maximum absolute atomic E-state index is 11.8. The average molecular weight is 336 g/mol. The lowest BCUT2D eigenvalue weighted by Crippen LogP contribution is -2.45. The molecule has 0 spiro atoms. The van der Waals surface area contributed by atoms with Crippen LogP contribution in [0.5, 0.6) is 0 Å². The third-order valence-electron chi connectivity index (χ3n) is 4.05. The van der Waals surface area contributed by atoms with Crippen molar-refractivity contribution >= 4 is 11.7 Å². The first-order valence-electron chi connectivity index (χ1n) is 8.36. The molecule has 24 heavy (non-hydrogen) atoms. The average Bonchev–Trinajstić information content (AvgIpc) is 2.57. The second-order valence-electron chi connectivity index (χ2n) is 6.26. The molecule has 3 atom stereocenters. The number of nitrogens with one attached hydrogen (secondary N) is 1. The number of nitrogens with two attached hydrogens (primary N) is 1. The first kappa shape index (κ1) is 18.6. The van der Waals surface area contributed by atoms with E-state index in [1.165, 1.54) is 0 Å². The molecule has 0 saturated carbocycles. The van der Waals surface area contributed by atoms with Crippen molar-refractivity contribution in [2.24, 2.45) is 5.73 Å². The quantitative estimate of drug-likeness (QED) is 0.761. The molecule has 1 aromatic heterocycles. The van der Waals surface area contributed by atoms with Gasteiger partial charge in [0, 0.05) is 39.5 Å². The summed E-state index contributed by atoms with van der Waals surface area (Å²) in [4.78, 5) is 18.6. The number of anilines is 1. The topological polar surface area (TPSA) is 89.7 Å². The normalized spacial score (nSPS) is 22.2. The molecule has 7 heteroatoms. The van der Waals surface area contributed by atoms with Crippen molar-refractivity contribution in [3.8, 4) is 0 Å². The van der Waals surface area contributed by atoms with Gasteiger partial charge in [-0.1, -0.05) is 6.07 Å². The van der Waals surface area contributed by atoms with Gasteiger partial charge in [0.1, 0.15) is 5.82 Å². The van der Waals surface area contributed by atoms with Crippen LogP contribution in [0, 0.1) is 0 Å². The number of methoxy groups -OCH3 is 1. The smallest absolute Gasteiger partial charge is 0.222 e. The van der Waals surface area contributed by atoms with E-state index in [1.807, 2.05) is 12.1 Å². The molecular weight excluding hydrogens is 308 g/mol. The second-order valence-corrected chi connectivity index (χ2v) is 6.26. The lowest BCUT2D eigenvalue weighted by Gasteiger charge is -2.36. The number of carbonyl (C=O) groups excluding carboxylic acids is 1. The van der Waals surface area contributed by atoms with Gasteiger partial charge in [0.15, 0.2) is 0 Å². The Bertz CT molecular complexity index is 509. The molecule has 1 aromatic rings. The number of rotatable bonds is 7. The monoisotopic (exact) mass is 336 g/mol. The zero-order valence-corrected chi connectivity index (χ0v) is 14.7. The highest BCUT2D eigenvalue weighted by molar-refractivity contribution is 5.76. The molecule has 0 bridgehead atoms. The molecule has 0 aliphatic carbocycles. The molecule has 1 fully saturated rings. The summed E-state index contributed by atoms with van der Waals surface area (Å²) in [7, 11) is 1.56. The number of ether oxygens (including phenoxy) is 2. The lowest BCUT2D eigenvalue weighted by atomic mass is 10.2. The Balaban J connectivity index is 1.85. The van der Waals surface area contributed by atoms with E-state index >= 15 is 0 Å². The van der Waals surface area contributed by atoms with E-state index in [1.54, 1.807) is 13.3 Å². The maximum atomic E-state index is 11.8. The molecule has 0 radical (unpaired) electrons. The van der Waals surface area contributed by atoms with Gasteiger partial charge in [-0.05, 0) is 25.5 Å². The summed E-state index contributed by atoms with van der Waals surface area (Å²) in [6.07, 6.45) is 2.23. The molecule has 2 rings (SSSR count). The van der Waals surface area contributed by atoms with E-state index in [2.05, 4.69) is 29.0 Å². The highest BCUT2D eigenvalue weighted by Crippen LogP contribution is 2.18. The van der Waals surface area contributed by atoms with Gasteiger partial charge in [0.05, 0.1) is 24.7 Å². The molecule has 3 N–H and O–H groups in total. The predicted molar refractivity (Wildman–Crippen MR) is 92.8 cm³/mol. The molecule has 1 aliphatic rings. The summed E-state index contributed by atoms with van der Waals surface area (Å²) in [6.45, 7) is 6.60. The van der Waals surface area contributed by atoms with Crippen LogP contribution >= 0.6 is 0 Å². The number of hydrogen-bond acceptors (Lipinski definition) is 6. The summed E-state index contributed by atoms with van der Waals surface area (Å²) in [5, 5.41) is 2.86. The molecule has 3 unspecified atom stereocenters. The van der Waals surface area contributed by atoms with Gasteiger partial charge in [0.25, 0.3) is 0 Å². The van der Waals surface area contributed by atoms with Gasteiger partial charge in [-0.3, -0.25) is 4.79 Å². The van der Waals surface area contributed by atoms with E-state index in [0.29, 0.717) is 13.1 Å². The van der Waals surface area contributed by atoms with Gasteiger partial charge in [-0.25, -0.2) is 4.98 Å². The van der Waals surface area contributed by atoms with Crippen LogP contribution in [0.3, 0.4) is 0 Å². The van der Waals surface area contributed by atoms with Crippen molar-refractivity contribution in [2.45, 2.75) is 45.1 Å². The Hall–Kier alpha value is -1.70. The first-order valence-corrected chi connectivity index (χ1v) is 8.36. The van der Waals surface area contributed by atoms with E-state index < -0.39 is 0 Å². The molecule has 2 heterocycles. The third-order valence-corrected chi connectivity index (χ3v) is 4.05. The summed E-state index contributed by atoms with van der Waals surface area (Å²) in [5.41, 5.74) is 6.48. The largest absolute Gasteiger partial charge is 0.380 e. The Morgan fingerprint density at radius 2 is 2.17 bits per heavy atom. The summed E-state index contributed by atoms with van der Waals surface area (Å²) < 4.78 is 10.8. The van der Waals surface area contributed by atoms with E-state index in [0.717, 1.165) is 24.5 Å². The summed E-state index contributed by atoms with van der Waals surface area (Å²) >= 11 is 0. The SMILES string of the molecule is COC(CN)CC(=O)NCc1ccc(N2CC(C)OC(C)C2)nc1. The maximum Gasteiger partial charge on any atom is 0.222 e. The number of nitrogens with zero attached hydrogens (tertiary/aromatic N) is 2. The third kappa shape index (κ3) is 5.43. The van der Waals surface area contributed by atoms with Crippen LogP contribution in [0.2, 0.25) is 0 Å². The fourth-order valence-electron chi connectivity index (χ4n) is 2.82. The number of aromatic nitrogens is 1. The van der Waals surface area contributed by atoms with Gasteiger partial charge in [0.2, 0.25) is 5.91 Å². The molecule has 0 aromatic carbocycles. The Kier molecular flexibility index (Phi) is 6.96. The Labute approximate surface area is 143 Å². The molecule has 1 saturated heterocycles. The Morgan fingerprint density at radius 3 is 2.71 bits per heavy atom. The minimum Gasteiger partial charge on any atom is -0.380 e. The van der Waals surface area contributed by atoms with Crippen LogP contribution in [0.25, 0.3) is 0 Å². The van der Waals surface area contributed by atoms with E-state index in [-0.39, 0.29) is 30.6 Å². The van der Waals surface area contributed by atoms with E-state index in [4.69, 9.17) is 15.2 Å². The van der Waals surface area contributed by atoms with Crippen LogP contribution in [0.15, 0.2) is 18.3 Å². The van der Waals surface area contributed by atoms with Crippen molar-refractivity contribution in [3.05, 3.63) is 23.9 Å². The van der Waals surface area contributed by atoms with Crippen LogP contribution in [0.4, 0.5) is 5.82 Å². The van der Waals surface area contributed by atoms with Crippen molar-refractivity contribution in [3.63, 3.8) is 0 Å². The van der Waals surface area contributed by atoms with Gasteiger partial charge in [-0.2, -0.15) is 0 Å². The highest BCUT2D eigenvalue weighted by atomic mass is 16.5. The van der Waals surface area contributed by atoms with Gasteiger partial charge < -0.3 is 25.4 Å². The highest BCUT2D eigenvalue weighted by Gasteiger charge is 2.23. The fraction of sp³-hybridized carbons (Fsp3) is 0.647. The van der Waals surface area contributed by atoms with E-state index in [9.17, 15) is 4.79 Å². The van der Waals surface area contributed by atoms with Crippen LogP contribution in [-0.2, 0) is 20.8 Å². The minimum absolute atomic E-state index is 0.0767. The molecular formula is C17H28N4O3. The zero-order valence-electron chi connectivity index (χ0n) is 14.7. The van der Waals surface area contributed by atoms with Crippen LogP contribution in [0.1, 0.15) is 25.8 Å². The Morgan fingerprint density at radius 1 is 1.46 bits per heavy atom. The number of carbonyl (C=O) groups is 1. The second kappa shape index (κ2) is 8.96. The molecule has 1 amide bonds. The van der Waals surface area contributed by atoms with Crippen molar-refractivity contribution in [1.82, 2.24) is 10.3 Å². The predicted octanol–water partition coefficient (Wildman–Crippen LogP) is 0.675. The molecule has 1 aliphatic heterocycles. The number of morpholine rings is 1. The van der Waals surface area contributed by atoms with Crippen molar-refractivity contribution in [2.75, 3.05) is 31.6 Å². The zero-order chi connectivity index (χ0) is 17.5. The van der Waals surface area contributed by atoms with Crippen molar-refractivity contribution in [1.29, 1.82) is 0 Å². The van der Waals surface area contributed by atoms with Crippen molar-refractivity contribution < 1.29 is 14.3 Å². The lowest BCUT2D eigenvalue weighted by molar-refractivity contribution is -0.123. The summed E-state index contributed by atoms with van der Waals surface area (Å²) in [5.74, 6) is 0.863. The van der Waals surface area contributed by atoms with Gasteiger partial charge in [-0.15, -0.1) is 0 Å². The van der Waals surface area contributed by atoms with Crippen LogP contribution < -0.4 is 16.0 Å². The van der Waals surface area contributed by atoms with Gasteiger partial charge >= 0.3 is 0 Å².